The predicted octanol–water partition coefficient (Wildman–Crippen LogP) is 1.75. The van der Waals surface area contributed by atoms with Gasteiger partial charge in [0.1, 0.15) is 5.76 Å². The van der Waals surface area contributed by atoms with Crippen LogP contribution in [0.4, 0.5) is 0 Å². The van der Waals surface area contributed by atoms with Crippen molar-refractivity contribution in [2.24, 2.45) is 0 Å². The van der Waals surface area contributed by atoms with E-state index in [1.54, 1.807) is 17.4 Å². The van der Waals surface area contributed by atoms with Crippen LogP contribution in [0.3, 0.4) is 0 Å². The summed E-state index contributed by atoms with van der Waals surface area (Å²) >= 11 is 1.73. The molecule has 7 nitrogen and oxygen atoms in total. The maximum absolute atomic E-state index is 12.7. The van der Waals surface area contributed by atoms with E-state index in [1.807, 2.05) is 22.8 Å². The van der Waals surface area contributed by atoms with E-state index >= 15 is 0 Å². The molecular weight excluding hydrogens is 388 g/mol. The number of hydrogen-bond acceptors (Lipinski definition) is 6. The molecule has 0 aliphatic carbocycles. The lowest BCUT2D eigenvalue weighted by Crippen LogP contribution is -2.54. The van der Waals surface area contributed by atoms with Crippen molar-refractivity contribution in [2.75, 3.05) is 58.9 Å². The van der Waals surface area contributed by atoms with Gasteiger partial charge >= 0.3 is 0 Å². The molecule has 2 aromatic rings. The minimum atomic E-state index is -0.0641. The largest absolute Gasteiger partial charge is 0.456 e. The van der Waals surface area contributed by atoms with Gasteiger partial charge in [-0.1, -0.05) is 0 Å². The number of piperazine rings is 2. The van der Waals surface area contributed by atoms with Crippen LogP contribution in [0.5, 0.6) is 0 Å². The molecule has 0 spiro atoms. The fourth-order valence-electron chi connectivity index (χ4n) is 3.90. The van der Waals surface area contributed by atoms with Gasteiger partial charge in [-0.3, -0.25) is 19.4 Å². The molecule has 2 aromatic heterocycles. The zero-order valence-electron chi connectivity index (χ0n) is 16.9. The van der Waals surface area contributed by atoms with Gasteiger partial charge in [-0.15, -0.1) is 0 Å². The first-order valence-corrected chi connectivity index (χ1v) is 11.1. The summed E-state index contributed by atoms with van der Waals surface area (Å²) in [5.74, 6) is 1.27. The Bertz CT molecular complexity index is 819. The molecule has 0 atom stereocenters. The lowest BCUT2D eigenvalue weighted by Gasteiger charge is -2.37. The number of hydrogen-bond donors (Lipinski definition) is 0. The van der Waals surface area contributed by atoms with Crippen LogP contribution >= 0.6 is 11.3 Å². The van der Waals surface area contributed by atoms with Gasteiger partial charge in [0.25, 0.3) is 5.91 Å². The third kappa shape index (κ3) is 5.07. The Morgan fingerprint density at radius 2 is 1.62 bits per heavy atom. The van der Waals surface area contributed by atoms with Crippen molar-refractivity contribution in [3.63, 3.8) is 0 Å². The minimum absolute atomic E-state index is 0.0641. The van der Waals surface area contributed by atoms with E-state index < -0.39 is 0 Å². The van der Waals surface area contributed by atoms with Crippen LogP contribution in [0.1, 0.15) is 21.9 Å². The van der Waals surface area contributed by atoms with Crippen LogP contribution in [0.25, 0.3) is 0 Å². The summed E-state index contributed by atoms with van der Waals surface area (Å²) in [7, 11) is 0. The molecule has 4 rings (SSSR count). The third-order valence-corrected chi connectivity index (χ3v) is 6.41. The molecule has 0 bridgehead atoms. The summed E-state index contributed by atoms with van der Waals surface area (Å²) in [6, 6.07) is 5.70. The summed E-state index contributed by atoms with van der Waals surface area (Å²) in [4.78, 5) is 33.5. The Morgan fingerprint density at radius 3 is 2.24 bits per heavy atom. The molecule has 2 fully saturated rings. The molecule has 2 aliphatic rings. The monoisotopic (exact) mass is 416 g/mol. The average Bonchev–Trinajstić information content (AvgIpc) is 3.40. The summed E-state index contributed by atoms with van der Waals surface area (Å²) in [5.41, 5.74) is 1.35. The molecule has 2 saturated heterocycles. The highest BCUT2D eigenvalue weighted by Gasteiger charge is 2.27. The molecule has 4 heterocycles. The number of thiophene rings is 1. The second kappa shape index (κ2) is 9.11. The van der Waals surface area contributed by atoms with Crippen molar-refractivity contribution in [1.29, 1.82) is 0 Å². The molecule has 156 valence electrons. The van der Waals surface area contributed by atoms with Crippen molar-refractivity contribution in [1.82, 2.24) is 19.6 Å². The fourth-order valence-corrected chi connectivity index (χ4v) is 4.56. The number of carbonyl (C=O) groups is 2. The van der Waals surface area contributed by atoms with Gasteiger partial charge in [-0.2, -0.15) is 11.3 Å². The first-order chi connectivity index (χ1) is 14.1. The molecule has 0 N–H and O–H groups in total. The topological polar surface area (TPSA) is 60.2 Å². The van der Waals surface area contributed by atoms with Crippen LogP contribution < -0.4 is 0 Å². The number of rotatable bonds is 5. The van der Waals surface area contributed by atoms with Crippen LogP contribution in [0.15, 0.2) is 33.4 Å². The fraction of sp³-hybridized carbons (Fsp3) is 0.524. The van der Waals surface area contributed by atoms with Crippen LogP contribution in [-0.4, -0.2) is 90.3 Å². The third-order valence-electron chi connectivity index (χ3n) is 5.68. The predicted molar refractivity (Wildman–Crippen MR) is 112 cm³/mol. The van der Waals surface area contributed by atoms with Gasteiger partial charge in [-0.25, -0.2) is 0 Å². The summed E-state index contributed by atoms with van der Waals surface area (Å²) in [5, 5.41) is 4.30. The van der Waals surface area contributed by atoms with E-state index in [0.717, 1.165) is 51.6 Å². The minimum Gasteiger partial charge on any atom is -0.456 e. The maximum atomic E-state index is 12.7. The van der Waals surface area contributed by atoms with Gasteiger partial charge in [0.15, 0.2) is 5.76 Å². The number of nitrogens with zero attached hydrogens (tertiary/aromatic N) is 4. The highest BCUT2D eigenvalue weighted by atomic mass is 32.1. The number of carbonyl (C=O) groups excluding carboxylic acids is 2. The normalized spacial score (nSPS) is 18.9. The van der Waals surface area contributed by atoms with E-state index in [4.69, 9.17) is 4.42 Å². The lowest BCUT2D eigenvalue weighted by atomic mass is 10.2. The first kappa shape index (κ1) is 20.1. The average molecular weight is 417 g/mol. The molecule has 2 amide bonds. The van der Waals surface area contributed by atoms with Gasteiger partial charge in [0.05, 0.1) is 6.54 Å². The van der Waals surface area contributed by atoms with E-state index in [1.165, 1.54) is 5.56 Å². The van der Waals surface area contributed by atoms with Crippen LogP contribution in [-0.2, 0) is 11.3 Å². The highest BCUT2D eigenvalue weighted by molar-refractivity contribution is 7.07. The molecule has 0 aromatic carbocycles. The van der Waals surface area contributed by atoms with Crippen molar-refractivity contribution in [3.05, 3.63) is 46.0 Å². The second-order valence-corrected chi connectivity index (χ2v) is 8.55. The summed E-state index contributed by atoms with van der Waals surface area (Å²) in [6.45, 7) is 9.36. The van der Waals surface area contributed by atoms with E-state index in [0.29, 0.717) is 25.4 Å². The number of amides is 2. The Kier molecular flexibility index (Phi) is 6.32. The van der Waals surface area contributed by atoms with Gasteiger partial charge in [-0.05, 0) is 41.4 Å². The van der Waals surface area contributed by atoms with Crippen LogP contribution in [0.2, 0.25) is 0 Å². The smallest absolute Gasteiger partial charge is 0.289 e. The van der Waals surface area contributed by atoms with E-state index in [9.17, 15) is 9.59 Å². The summed E-state index contributed by atoms with van der Waals surface area (Å²) < 4.78 is 5.44. The maximum Gasteiger partial charge on any atom is 0.289 e. The van der Waals surface area contributed by atoms with Gasteiger partial charge < -0.3 is 14.2 Å². The highest BCUT2D eigenvalue weighted by Crippen LogP contribution is 2.14. The van der Waals surface area contributed by atoms with Crippen molar-refractivity contribution in [3.8, 4) is 0 Å². The number of aryl methyl sites for hydroxylation is 1. The molecular formula is C21H28N4O3S. The molecule has 0 unspecified atom stereocenters. The van der Waals surface area contributed by atoms with E-state index in [-0.39, 0.29) is 11.8 Å². The second-order valence-electron chi connectivity index (χ2n) is 7.77. The Morgan fingerprint density at radius 1 is 0.931 bits per heavy atom. The van der Waals surface area contributed by atoms with Crippen LogP contribution in [0, 0.1) is 6.92 Å². The number of furan rings is 1. The van der Waals surface area contributed by atoms with Crippen molar-refractivity contribution >= 4 is 23.2 Å². The molecule has 0 radical (unpaired) electrons. The van der Waals surface area contributed by atoms with Crippen molar-refractivity contribution < 1.29 is 14.0 Å². The first-order valence-electron chi connectivity index (χ1n) is 10.2. The Hall–Kier alpha value is -2.16. The van der Waals surface area contributed by atoms with Gasteiger partial charge in [0, 0.05) is 58.9 Å². The zero-order chi connectivity index (χ0) is 20.2. The Labute approximate surface area is 175 Å². The lowest BCUT2D eigenvalue weighted by molar-refractivity contribution is -0.134. The molecule has 8 heteroatoms. The quantitative estimate of drug-likeness (QED) is 0.743. The zero-order valence-corrected chi connectivity index (χ0v) is 17.7. The SMILES string of the molecule is Cc1ccc(C(=O)N2CCN(CC(=O)N3CCN(Cc4ccsc4)CC3)CC2)o1. The summed E-state index contributed by atoms with van der Waals surface area (Å²) in [6.07, 6.45) is 0. The standard InChI is InChI=1S/C21H28N4O3S/c1-17-2-3-19(28-17)21(27)25-11-7-23(8-12-25)15-20(26)24-9-5-22(6-10-24)14-18-4-13-29-16-18/h2-4,13,16H,5-12,14-15H2,1H3. The molecule has 29 heavy (non-hydrogen) atoms. The van der Waals surface area contributed by atoms with E-state index in [2.05, 4.69) is 26.6 Å². The van der Waals surface area contributed by atoms with Crippen molar-refractivity contribution in [2.45, 2.75) is 13.5 Å². The van der Waals surface area contributed by atoms with Gasteiger partial charge in [0.2, 0.25) is 5.91 Å². The molecule has 2 aliphatic heterocycles. The Balaban J connectivity index is 1.19. The molecule has 0 saturated carbocycles.